The van der Waals surface area contributed by atoms with Gasteiger partial charge in [0.15, 0.2) is 0 Å². The van der Waals surface area contributed by atoms with Crippen LogP contribution in [0.1, 0.15) is 37.2 Å². The van der Waals surface area contributed by atoms with Gasteiger partial charge in [0.1, 0.15) is 5.75 Å². The maximum atomic E-state index is 13.0. The summed E-state index contributed by atoms with van der Waals surface area (Å²) in [5.41, 5.74) is 3.31. The number of hydrogen-bond donors (Lipinski definition) is 1. The van der Waals surface area contributed by atoms with Gasteiger partial charge in [0.2, 0.25) is 11.8 Å². The molecule has 0 unspecified atom stereocenters. The summed E-state index contributed by atoms with van der Waals surface area (Å²) in [5, 5.41) is 10.0. The molecule has 5 rings (SSSR count). The minimum Gasteiger partial charge on any atom is -0.497 e. The number of fused-ring (bicyclic) bond motifs is 1. The van der Waals surface area contributed by atoms with Gasteiger partial charge in [-0.2, -0.15) is 0 Å². The number of nitrogens with zero attached hydrogens (tertiary/aromatic N) is 2. The van der Waals surface area contributed by atoms with Crippen molar-refractivity contribution in [2.75, 3.05) is 26.8 Å². The molecule has 32 heavy (non-hydrogen) atoms. The van der Waals surface area contributed by atoms with E-state index in [1.54, 1.807) is 16.9 Å². The van der Waals surface area contributed by atoms with Gasteiger partial charge in [-0.1, -0.05) is 49.2 Å². The molecule has 6 heteroatoms. The minimum absolute atomic E-state index is 0.0352. The van der Waals surface area contributed by atoms with E-state index in [2.05, 4.69) is 24.3 Å². The van der Waals surface area contributed by atoms with Crippen LogP contribution >= 0.6 is 0 Å². The summed E-state index contributed by atoms with van der Waals surface area (Å²) in [5.74, 6) is 1.03. The smallest absolute Gasteiger partial charge is 0.242 e. The Bertz CT molecular complexity index is 982. The second-order valence-corrected chi connectivity index (χ2v) is 9.19. The first kappa shape index (κ1) is 21.0. The molecular formula is C26H30N2O4. The van der Waals surface area contributed by atoms with Crippen molar-refractivity contribution < 1.29 is 19.4 Å². The molecule has 1 saturated carbocycles. The molecule has 3 fully saturated rings. The summed E-state index contributed by atoms with van der Waals surface area (Å²) in [6.45, 7) is 0.637. The van der Waals surface area contributed by atoms with E-state index >= 15 is 0 Å². The molecule has 1 aliphatic carbocycles. The van der Waals surface area contributed by atoms with Gasteiger partial charge in [0.05, 0.1) is 32.3 Å². The fourth-order valence-electron chi connectivity index (χ4n) is 5.78. The van der Waals surface area contributed by atoms with Gasteiger partial charge in [0, 0.05) is 18.4 Å². The molecule has 0 bridgehead atoms. The van der Waals surface area contributed by atoms with Crippen molar-refractivity contribution >= 4 is 11.8 Å². The predicted octanol–water partition coefficient (Wildman–Crippen LogP) is 3.05. The van der Waals surface area contributed by atoms with Crippen LogP contribution in [0.2, 0.25) is 0 Å². The predicted molar refractivity (Wildman–Crippen MR) is 121 cm³/mol. The van der Waals surface area contributed by atoms with Crippen LogP contribution in [0.4, 0.5) is 0 Å². The van der Waals surface area contributed by atoms with Crippen LogP contribution in [0.5, 0.6) is 5.75 Å². The van der Waals surface area contributed by atoms with Gasteiger partial charge in [-0.3, -0.25) is 9.59 Å². The summed E-state index contributed by atoms with van der Waals surface area (Å²) in [4.78, 5) is 29.4. The van der Waals surface area contributed by atoms with E-state index in [1.165, 1.54) is 0 Å². The SMILES string of the molecule is COc1ccc(-c2ccc([C@H]3[C@H]4CN(C(=O)C5CCCC5)CC(=O)N4[C@H]3CO)cc2)cc1. The van der Waals surface area contributed by atoms with E-state index < -0.39 is 0 Å². The lowest BCUT2D eigenvalue weighted by molar-refractivity contribution is -0.168. The molecule has 2 aromatic rings. The summed E-state index contributed by atoms with van der Waals surface area (Å²) < 4.78 is 5.24. The number of benzene rings is 2. The van der Waals surface area contributed by atoms with Crippen LogP contribution in [0, 0.1) is 5.92 Å². The van der Waals surface area contributed by atoms with Crippen LogP contribution in [-0.2, 0) is 9.59 Å². The molecule has 0 aromatic heterocycles. The number of amides is 2. The number of carbonyl (C=O) groups excluding carboxylic acids is 2. The molecule has 1 N–H and O–H groups in total. The Kier molecular flexibility index (Phi) is 5.64. The number of methoxy groups -OCH3 is 1. The second-order valence-electron chi connectivity index (χ2n) is 9.19. The number of piperazine rings is 1. The van der Waals surface area contributed by atoms with Gasteiger partial charge in [-0.15, -0.1) is 0 Å². The Labute approximate surface area is 188 Å². The summed E-state index contributed by atoms with van der Waals surface area (Å²) in [6.07, 6.45) is 4.08. The highest BCUT2D eigenvalue weighted by Crippen LogP contribution is 2.43. The van der Waals surface area contributed by atoms with E-state index in [4.69, 9.17) is 4.74 Å². The third-order valence-corrected chi connectivity index (χ3v) is 7.49. The normalized spacial score (nSPS) is 25.4. The van der Waals surface area contributed by atoms with Crippen molar-refractivity contribution in [1.29, 1.82) is 0 Å². The Hall–Kier alpha value is -2.86. The number of aliphatic hydroxyl groups is 1. The standard InChI is InChI=1S/C26H30N2O4/c1-32-21-12-10-18(11-13-21)17-6-8-19(9-7-17)25-22-14-27(26(31)20-4-2-3-5-20)15-24(30)28(22)23(25)16-29/h6-13,20,22-23,25,29H,2-5,14-16H2,1H3/t22-,23+,25+/m1/s1. The highest BCUT2D eigenvalue weighted by Gasteiger charge is 2.54. The van der Waals surface area contributed by atoms with Gasteiger partial charge >= 0.3 is 0 Å². The first-order valence-electron chi connectivity index (χ1n) is 11.6. The van der Waals surface area contributed by atoms with Gasteiger partial charge in [0.25, 0.3) is 0 Å². The maximum Gasteiger partial charge on any atom is 0.242 e. The average Bonchev–Trinajstić information content (AvgIpc) is 3.35. The summed E-state index contributed by atoms with van der Waals surface area (Å²) >= 11 is 0. The van der Waals surface area contributed by atoms with Crippen molar-refractivity contribution in [2.24, 2.45) is 5.92 Å². The Morgan fingerprint density at radius 3 is 2.25 bits per heavy atom. The van der Waals surface area contributed by atoms with E-state index in [0.717, 1.165) is 48.1 Å². The molecule has 2 aliphatic heterocycles. The van der Waals surface area contributed by atoms with Crippen molar-refractivity contribution in [3.63, 3.8) is 0 Å². The molecule has 0 spiro atoms. The van der Waals surface area contributed by atoms with Gasteiger partial charge in [-0.25, -0.2) is 0 Å². The second kappa shape index (κ2) is 8.58. The van der Waals surface area contributed by atoms with Crippen molar-refractivity contribution in [1.82, 2.24) is 9.80 Å². The molecule has 6 nitrogen and oxygen atoms in total. The summed E-state index contributed by atoms with van der Waals surface area (Å²) in [6, 6.07) is 16.0. The minimum atomic E-state index is -0.219. The van der Waals surface area contributed by atoms with Gasteiger partial charge in [-0.05, 0) is 41.7 Å². The quantitative estimate of drug-likeness (QED) is 0.785. The van der Waals surface area contributed by atoms with E-state index in [-0.39, 0.29) is 48.9 Å². The zero-order valence-electron chi connectivity index (χ0n) is 18.4. The van der Waals surface area contributed by atoms with Crippen LogP contribution in [-0.4, -0.2) is 65.6 Å². The third-order valence-electron chi connectivity index (χ3n) is 7.49. The lowest BCUT2D eigenvalue weighted by Crippen LogP contribution is -2.73. The number of aliphatic hydroxyl groups excluding tert-OH is 1. The monoisotopic (exact) mass is 434 g/mol. The fourth-order valence-corrected chi connectivity index (χ4v) is 5.78. The molecule has 168 valence electrons. The summed E-state index contributed by atoms with van der Waals surface area (Å²) in [7, 11) is 1.65. The molecular weight excluding hydrogens is 404 g/mol. The van der Waals surface area contributed by atoms with Crippen LogP contribution in [0.3, 0.4) is 0 Å². The Morgan fingerprint density at radius 2 is 1.66 bits per heavy atom. The van der Waals surface area contributed by atoms with E-state index in [0.29, 0.717) is 6.54 Å². The molecule has 2 amide bonds. The fraction of sp³-hybridized carbons (Fsp3) is 0.462. The van der Waals surface area contributed by atoms with Crippen molar-refractivity contribution in [3.8, 4) is 16.9 Å². The molecule has 2 saturated heterocycles. The van der Waals surface area contributed by atoms with Crippen LogP contribution < -0.4 is 4.74 Å². The Morgan fingerprint density at radius 1 is 1.03 bits per heavy atom. The first-order valence-corrected chi connectivity index (χ1v) is 11.6. The number of hydrogen-bond acceptors (Lipinski definition) is 4. The topological polar surface area (TPSA) is 70.1 Å². The lowest BCUT2D eigenvalue weighted by atomic mass is 9.73. The molecule has 3 atom stereocenters. The highest BCUT2D eigenvalue weighted by molar-refractivity contribution is 5.88. The van der Waals surface area contributed by atoms with Crippen molar-refractivity contribution in [2.45, 2.75) is 43.7 Å². The molecule has 2 aromatic carbocycles. The van der Waals surface area contributed by atoms with Gasteiger partial charge < -0.3 is 19.6 Å². The van der Waals surface area contributed by atoms with E-state index in [9.17, 15) is 14.7 Å². The first-order chi connectivity index (χ1) is 15.6. The zero-order valence-corrected chi connectivity index (χ0v) is 18.4. The maximum absolute atomic E-state index is 13.0. The molecule has 2 heterocycles. The average molecular weight is 435 g/mol. The largest absolute Gasteiger partial charge is 0.497 e. The molecule has 0 radical (unpaired) electrons. The molecule has 3 aliphatic rings. The van der Waals surface area contributed by atoms with Crippen LogP contribution in [0.25, 0.3) is 11.1 Å². The van der Waals surface area contributed by atoms with Crippen molar-refractivity contribution in [3.05, 3.63) is 54.1 Å². The number of rotatable bonds is 5. The number of ether oxygens (including phenoxy) is 1. The highest BCUT2D eigenvalue weighted by atomic mass is 16.5. The Balaban J connectivity index is 1.35. The van der Waals surface area contributed by atoms with E-state index in [1.807, 2.05) is 24.3 Å². The third kappa shape index (κ3) is 3.56. The number of carbonyl (C=O) groups is 2. The zero-order chi connectivity index (χ0) is 22.2. The lowest BCUT2D eigenvalue weighted by Gasteiger charge is -2.59. The van der Waals surface area contributed by atoms with Crippen LogP contribution in [0.15, 0.2) is 48.5 Å².